The van der Waals surface area contributed by atoms with Crippen LogP contribution in [-0.4, -0.2) is 28.8 Å². The van der Waals surface area contributed by atoms with Crippen molar-refractivity contribution in [2.45, 2.75) is 25.9 Å². The number of aliphatic hydroxyl groups is 1. The third-order valence-electron chi connectivity index (χ3n) is 2.68. The zero-order chi connectivity index (χ0) is 13.7. The highest BCUT2D eigenvalue weighted by atomic mass is 32.1. The van der Waals surface area contributed by atoms with Crippen LogP contribution in [0.25, 0.3) is 10.2 Å². The van der Waals surface area contributed by atoms with E-state index in [1.165, 1.54) is 0 Å². The van der Waals surface area contributed by atoms with Gasteiger partial charge in [-0.3, -0.25) is 0 Å². The summed E-state index contributed by atoms with van der Waals surface area (Å²) in [5.41, 5.74) is 0.957. The van der Waals surface area contributed by atoms with Crippen LogP contribution in [0.5, 0.6) is 0 Å². The summed E-state index contributed by atoms with van der Waals surface area (Å²) >= 11 is 1.57. The van der Waals surface area contributed by atoms with E-state index in [1.807, 2.05) is 31.2 Å². The van der Waals surface area contributed by atoms with Crippen molar-refractivity contribution in [3.63, 3.8) is 0 Å². The molecule has 6 heteroatoms. The molecule has 0 fully saturated rings. The Bertz CT molecular complexity index is 523. The number of hydrogen-bond acceptors (Lipinski definition) is 4. The number of fused-ring (bicyclic) bond motifs is 1. The van der Waals surface area contributed by atoms with E-state index >= 15 is 0 Å². The monoisotopic (exact) mass is 279 g/mol. The van der Waals surface area contributed by atoms with E-state index in [0.29, 0.717) is 13.0 Å². The Morgan fingerprint density at radius 1 is 1.47 bits per heavy atom. The number of nitrogens with zero attached hydrogens (tertiary/aromatic N) is 1. The Kier molecular flexibility index (Phi) is 4.70. The predicted molar refractivity (Wildman–Crippen MR) is 76.2 cm³/mol. The molecule has 0 unspecified atom stereocenters. The molecule has 0 saturated carbocycles. The second-order valence-corrected chi connectivity index (χ2v) is 5.43. The maximum Gasteiger partial charge on any atom is 0.315 e. The summed E-state index contributed by atoms with van der Waals surface area (Å²) in [4.78, 5) is 16.0. The predicted octanol–water partition coefficient (Wildman–Crippen LogP) is 1.87. The van der Waals surface area contributed by atoms with Gasteiger partial charge in [-0.1, -0.05) is 12.1 Å². The van der Waals surface area contributed by atoms with Crippen molar-refractivity contribution in [3.05, 3.63) is 29.3 Å². The number of nitrogens with one attached hydrogen (secondary N) is 2. The lowest BCUT2D eigenvalue weighted by Crippen LogP contribution is -2.40. The standard InChI is InChI=1S/C13H17N3O2S/c1-9(6-7-17)15-13(18)14-8-12-16-10-4-2-3-5-11(10)19-12/h2-5,9,17H,6-8H2,1H3,(H2,14,15,18)/t9-/m1/s1. The van der Waals surface area contributed by atoms with Crippen molar-refractivity contribution < 1.29 is 9.90 Å². The fourth-order valence-electron chi connectivity index (χ4n) is 1.69. The van der Waals surface area contributed by atoms with Gasteiger partial charge >= 0.3 is 6.03 Å². The van der Waals surface area contributed by atoms with E-state index < -0.39 is 0 Å². The number of aromatic nitrogens is 1. The molecular weight excluding hydrogens is 262 g/mol. The fourth-order valence-corrected chi connectivity index (χ4v) is 2.60. The smallest absolute Gasteiger partial charge is 0.315 e. The van der Waals surface area contributed by atoms with Crippen molar-refractivity contribution in [2.24, 2.45) is 0 Å². The van der Waals surface area contributed by atoms with Gasteiger partial charge in [-0.05, 0) is 25.5 Å². The van der Waals surface area contributed by atoms with Gasteiger partial charge in [-0.2, -0.15) is 0 Å². The molecule has 0 aliphatic rings. The number of urea groups is 1. The van der Waals surface area contributed by atoms with Crippen LogP contribution >= 0.6 is 11.3 Å². The number of para-hydroxylation sites is 1. The third kappa shape index (κ3) is 3.90. The topological polar surface area (TPSA) is 74.2 Å². The Morgan fingerprint density at radius 3 is 3.00 bits per heavy atom. The van der Waals surface area contributed by atoms with Crippen molar-refractivity contribution in [2.75, 3.05) is 6.61 Å². The molecule has 2 aromatic rings. The largest absolute Gasteiger partial charge is 0.396 e. The van der Waals surface area contributed by atoms with Crippen LogP contribution in [0.2, 0.25) is 0 Å². The van der Waals surface area contributed by atoms with Crippen molar-refractivity contribution >= 4 is 27.6 Å². The highest BCUT2D eigenvalue weighted by Crippen LogP contribution is 2.21. The van der Waals surface area contributed by atoms with E-state index in [4.69, 9.17) is 5.11 Å². The molecule has 0 radical (unpaired) electrons. The average Bonchev–Trinajstić information content (AvgIpc) is 2.79. The van der Waals surface area contributed by atoms with Crippen molar-refractivity contribution in [3.8, 4) is 0 Å². The Hall–Kier alpha value is -1.66. The number of carbonyl (C=O) groups is 1. The normalized spacial score (nSPS) is 12.3. The molecule has 0 aliphatic carbocycles. The minimum atomic E-state index is -0.236. The first-order chi connectivity index (χ1) is 9.19. The minimum Gasteiger partial charge on any atom is -0.396 e. The molecule has 0 spiro atoms. The van der Waals surface area contributed by atoms with Crippen LogP contribution in [0.4, 0.5) is 4.79 Å². The molecule has 0 aliphatic heterocycles. The molecule has 0 saturated heterocycles. The summed E-state index contributed by atoms with van der Waals surface area (Å²) in [6.07, 6.45) is 0.550. The Balaban J connectivity index is 1.86. The van der Waals surface area contributed by atoms with Gasteiger partial charge in [0.25, 0.3) is 0 Å². The lowest BCUT2D eigenvalue weighted by atomic mass is 10.2. The number of rotatable bonds is 5. The molecule has 1 heterocycles. The van der Waals surface area contributed by atoms with Gasteiger partial charge in [0, 0.05) is 12.6 Å². The van der Waals surface area contributed by atoms with Crippen LogP contribution in [0, 0.1) is 0 Å². The molecule has 2 rings (SSSR count). The molecule has 1 aromatic heterocycles. The fraction of sp³-hybridized carbons (Fsp3) is 0.385. The van der Waals surface area contributed by atoms with Gasteiger partial charge in [0.2, 0.25) is 0 Å². The van der Waals surface area contributed by atoms with Crippen LogP contribution in [0.1, 0.15) is 18.4 Å². The van der Waals surface area contributed by atoms with Gasteiger partial charge in [0.05, 0.1) is 16.8 Å². The number of aliphatic hydroxyl groups excluding tert-OH is 1. The first-order valence-corrected chi connectivity index (χ1v) is 7.00. The summed E-state index contributed by atoms with van der Waals surface area (Å²) in [5, 5.41) is 15.2. The van der Waals surface area contributed by atoms with E-state index in [0.717, 1.165) is 15.2 Å². The number of carbonyl (C=O) groups excluding carboxylic acids is 1. The van der Waals surface area contributed by atoms with Gasteiger partial charge < -0.3 is 15.7 Å². The second kappa shape index (κ2) is 6.49. The highest BCUT2D eigenvalue weighted by molar-refractivity contribution is 7.18. The second-order valence-electron chi connectivity index (χ2n) is 4.32. The molecular formula is C13H17N3O2S. The van der Waals surface area contributed by atoms with Gasteiger partial charge in [-0.15, -0.1) is 11.3 Å². The van der Waals surface area contributed by atoms with Crippen LogP contribution in [0.15, 0.2) is 24.3 Å². The quantitative estimate of drug-likeness (QED) is 0.782. The molecule has 5 nitrogen and oxygen atoms in total. The maximum atomic E-state index is 11.6. The van der Waals surface area contributed by atoms with Crippen molar-refractivity contribution in [1.29, 1.82) is 0 Å². The Labute approximate surface area is 115 Å². The molecule has 2 amide bonds. The zero-order valence-electron chi connectivity index (χ0n) is 10.7. The number of thiazole rings is 1. The first kappa shape index (κ1) is 13.8. The highest BCUT2D eigenvalue weighted by Gasteiger charge is 2.08. The maximum absolute atomic E-state index is 11.6. The third-order valence-corrected chi connectivity index (χ3v) is 3.71. The lowest BCUT2D eigenvalue weighted by Gasteiger charge is -2.12. The lowest BCUT2D eigenvalue weighted by molar-refractivity contribution is 0.230. The van der Waals surface area contributed by atoms with Crippen LogP contribution < -0.4 is 10.6 Å². The summed E-state index contributed by atoms with van der Waals surface area (Å²) in [6.45, 7) is 2.34. The first-order valence-electron chi connectivity index (χ1n) is 6.18. The zero-order valence-corrected chi connectivity index (χ0v) is 11.5. The summed E-state index contributed by atoms with van der Waals surface area (Å²) in [6, 6.07) is 7.61. The van der Waals surface area contributed by atoms with Gasteiger partial charge in [-0.25, -0.2) is 9.78 Å². The SMILES string of the molecule is C[C@H](CCO)NC(=O)NCc1nc2ccccc2s1. The Morgan fingerprint density at radius 2 is 2.26 bits per heavy atom. The number of amides is 2. The molecule has 3 N–H and O–H groups in total. The molecule has 1 aromatic carbocycles. The molecule has 0 bridgehead atoms. The number of benzene rings is 1. The molecule has 102 valence electrons. The van der Waals surface area contributed by atoms with Gasteiger partial charge in [0.1, 0.15) is 5.01 Å². The summed E-state index contributed by atoms with van der Waals surface area (Å²) in [5.74, 6) is 0. The minimum absolute atomic E-state index is 0.0413. The number of hydrogen-bond donors (Lipinski definition) is 3. The summed E-state index contributed by atoms with van der Waals surface area (Å²) < 4.78 is 1.12. The van der Waals surface area contributed by atoms with Crippen LogP contribution in [0.3, 0.4) is 0 Å². The van der Waals surface area contributed by atoms with Crippen LogP contribution in [-0.2, 0) is 6.54 Å². The van der Waals surface area contributed by atoms with E-state index in [1.54, 1.807) is 11.3 Å². The van der Waals surface area contributed by atoms with E-state index in [2.05, 4.69) is 15.6 Å². The van der Waals surface area contributed by atoms with E-state index in [-0.39, 0.29) is 18.7 Å². The summed E-state index contributed by atoms with van der Waals surface area (Å²) in [7, 11) is 0. The molecule has 19 heavy (non-hydrogen) atoms. The van der Waals surface area contributed by atoms with E-state index in [9.17, 15) is 4.79 Å². The molecule has 1 atom stereocenters. The van der Waals surface area contributed by atoms with Crippen molar-refractivity contribution in [1.82, 2.24) is 15.6 Å². The van der Waals surface area contributed by atoms with Gasteiger partial charge in [0.15, 0.2) is 0 Å². The average molecular weight is 279 g/mol.